The fraction of sp³-hybridized carbons (Fsp3) is 0.200. The quantitative estimate of drug-likeness (QED) is 0.811. The Labute approximate surface area is 91.9 Å². The van der Waals surface area contributed by atoms with Gasteiger partial charge in [0, 0.05) is 6.20 Å². The van der Waals surface area contributed by atoms with Crippen LogP contribution < -0.4 is 5.32 Å². The van der Waals surface area contributed by atoms with Gasteiger partial charge in [-0.2, -0.15) is 10.2 Å². The molecule has 2 aromatic heterocycles. The van der Waals surface area contributed by atoms with Crippen LogP contribution in [0.4, 0.5) is 0 Å². The van der Waals surface area contributed by atoms with Crippen molar-refractivity contribution in [1.29, 1.82) is 5.26 Å². The molecule has 0 amide bonds. The molecule has 2 heterocycles. The smallest absolute Gasteiger partial charge is 0.276 e. The van der Waals surface area contributed by atoms with E-state index in [1.807, 2.05) is 6.07 Å². The highest BCUT2D eigenvalue weighted by Gasteiger charge is 2.08. The number of rotatable bonds is 3. The van der Waals surface area contributed by atoms with Crippen molar-refractivity contribution in [2.24, 2.45) is 0 Å². The molecule has 0 atom stereocenters. The van der Waals surface area contributed by atoms with E-state index in [9.17, 15) is 0 Å². The van der Waals surface area contributed by atoms with E-state index in [4.69, 9.17) is 9.78 Å². The molecular weight excluding hydrogens is 206 g/mol. The van der Waals surface area contributed by atoms with Gasteiger partial charge in [-0.05, 0) is 19.2 Å². The first-order valence-corrected chi connectivity index (χ1v) is 4.67. The zero-order valence-electron chi connectivity index (χ0n) is 8.64. The Hall–Kier alpha value is -2.26. The van der Waals surface area contributed by atoms with Crippen LogP contribution in [0.15, 0.2) is 22.9 Å². The third-order valence-electron chi connectivity index (χ3n) is 1.91. The Balaban J connectivity index is 2.25. The third-order valence-corrected chi connectivity index (χ3v) is 1.91. The Morgan fingerprint density at radius 3 is 3.00 bits per heavy atom. The summed E-state index contributed by atoms with van der Waals surface area (Å²) in [5.74, 6) is 0.929. The lowest BCUT2D eigenvalue weighted by molar-refractivity contribution is 0.419. The van der Waals surface area contributed by atoms with Gasteiger partial charge in [-0.3, -0.25) is 0 Å². The van der Waals surface area contributed by atoms with Gasteiger partial charge in [0.25, 0.3) is 5.89 Å². The van der Waals surface area contributed by atoms with Crippen molar-refractivity contribution < 1.29 is 4.52 Å². The summed E-state index contributed by atoms with van der Waals surface area (Å²) in [4.78, 5) is 8.19. The van der Waals surface area contributed by atoms with Gasteiger partial charge in [0.2, 0.25) is 0 Å². The highest BCUT2D eigenvalue weighted by molar-refractivity contribution is 5.47. The molecule has 0 fully saturated rings. The second-order valence-electron chi connectivity index (χ2n) is 3.09. The molecular formula is C10H9N5O. The van der Waals surface area contributed by atoms with Crippen molar-refractivity contribution >= 4 is 0 Å². The molecule has 80 valence electrons. The van der Waals surface area contributed by atoms with Crippen LogP contribution in [0.5, 0.6) is 0 Å². The predicted molar refractivity (Wildman–Crippen MR) is 55.0 cm³/mol. The van der Waals surface area contributed by atoms with Crippen LogP contribution in [0.25, 0.3) is 11.6 Å². The Bertz CT molecular complexity index is 511. The van der Waals surface area contributed by atoms with Crippen LogP contribution in [-0.2, 0) is 6.54 Å². The number of nitriles is 1. The van der Waals surface area contributed by atoms with Gasteiger partial charge in [-0.1, -0.05) is 5.16 Å². The molecule has 16 heavy (non-hydrogen) atoms. The third kappa shape index (κ3) is 2.04. The fourth-order valence-corrected chi connectivity index (χ4v) is 1.17. The van der Waals surface area contributed by atoms with Crippen LogP contribution in [-0.4, -0.2) is 22.2 Å². The maximum atomic E-state index is 8.62. The van der Waals surface area contributed by atoms with E-state index in [1.165, 1.54) is 6.20 Å². The largest absolute Gasteiger partial charge is 0.332 e. The van der Waals surface area contributed by atoms with Gasteiger partial charge in [-0.25, -0.2) is 4.98 Å². The summed E-state index contributed by atoms with van der Waals surface area (Å²) in [5.41, 5.74) is 1.06. The average molecular weight is 215 g/mol. The highest BCUT2D eigenvalue weighted by Crippen LogP contribution is 2.14. The molecule has 0 aliphatic rings. The monoisotopic (exact) mass is 215 g/mol. The van der Waals surface area contributed by atoms with Gasteiger partial charge >= 0.3 is 0 Å². The molecule has 6 heteroatoms. The molecule has 2 aromatic rings. The van der Waals surface area contributed by atoms with Crippen molar-refractivity contribution in [3.05, 3.63) is 29.7 Å². The van der Waals surface area contributed by atoms with Crippen molar-refractivity contribution in [1.82, 2.24) is 20.4 Å². The van der Waals surface area contributed by atoms with Crippen molar-refractivity contribution in [3.8, 4) is 17.7 Å². The fourth-order valence-electron chi connectivity index (χ4n) is 1.17. The molecule has 1 N–H and O–H groups in total. The summed E-state index contributed by atoms with van der Waals surface area (Å²) >= 11 is 0. The summed E-state index contributed by atoms with van der Waals surface area (Å²) in [7, 11) is 1.80. The molecule has 0 radical (unpaired) electrons. The second-order valence-corrected chi connectivity index (χ2v) is 3.09. The van der Waals surface area contributed by atoms with Crippen molar-refractivity contribution in [3.63, 3.8) is 0 Å². The van der Waals surface area contributed by atoms with Gasteiger partial charge in [0.1, 0.15) is 11.8 Å². The van der Waals surface area contributed by atoms with Gasteiger partial charge < -0.3 is 9.84 Å². The second kappa shape index (κ2) is 4.51. The van der Waals surface area contributed by atoms with Gasteiger partial charge in [-0.15, -0.1) is 0 Å². The SMILES string of the molecule is CNCc1noc(-c2ccc(C#N)cn2)n1. The first-order chi connectivity index (χ1) is 7.83. The zero-order valence-corrected chi connectivity index (χ0v) is 8.64. The standard InChI is InChI=1S/C10H9N5O/c1-12-6-9-14-10(16-15-9)8-3-2-7(4-11)5-13-8/h2-3,5,12H,6H2,1H3. The van der Waals surface area contributed by atoms with Crippen LogP contribution in [0, 0.1) is 11.3 Å². The summed E-state index contributed by atoms with van der Waals surface area (Å²) in [5, 5.41) is 15.3. The minimum absolute atomic E-state index is 0.356. The predicted octanol–water partition coefficient (Wildman–Crippen LogP) is 0.723. The van der Waals surface area contributed by atoms with Crippen LogP contribution >= 0.6 is 0 Å². The maximum absolute atomic E-state index is 8.62. The molecule has 6 nitrogen and oxygen atoms in total. The first-order valence-electron chi connectivity index (χ1n) is 4.67. The maximum Gasteiger partial charge on any atom is 0.276 e. The van der Waals surface area contributed by atoms with Crippen LogP contribution in [0.1, 0.15) is 11.4 Å². The summed E-state index contributed by atoms with van der Waals surface area (Å²) in [6.07, 6.45) is 1.47. The average Bonchev–Trinajstić information content (AvgIpc) is 2.78. The Kier molecular flexibility index (Phi) is 2.89. The van der Waals surface area contributed by atoms with E-state index >= 15 is 0 Å². The van der Waals surface area contributed by atoms with E-state index < -0.39 is 0 Å². The summed E-state index contributed by atoms with van der Waals surface area (Å²) < 4.78 is 5.03. The molecule has 0 aliphatic heterocycles. The number of nitrogens with one attached hydrogen (secondary N) is 1. The van der Waals surface area contributed by atoms with Crippen LogP contribution in [0.3, 0.4) is 0 Å². The normalized spacial score (nSPS) is 10.0. The molecule has 0 saturated heterocycles. The first kappa shape index (κ1) is 10.3. The number of aromatic nitrogens is 3. The minimum Gasteiger partial charge on any atom is -0.332 e. The van der Waals surface area contributed by atoms with E-state index in [2.05, 4.69) is 20.4 Å². The molecule has 0 saturated carbocycles. The van der Waals surface area contributed by atoms with Crippen molar-refractivity contribution in [2.45, 2.75) is 6.54 Å². The van der Waals surface area contributed by atoms with E-state index in [-0.39, 0.29) is 0 Å². The van der Waals surface area contributed by atoms with Gasteiger partial charge in [0.05, 0.1) is 12.1 Å². The molecule has 0 bridgehead atoms. The van der Waals surface area contributed by atoms with Crippen LogP contribution in [0.2, 0.25) is 0 Å². The number of nitrogens with zero attached hydrogens (tertiary/aromatic N) is 4. The summed E-state index contributed by atoms with van der Waals surface area (Å²) in [6.45, 7) is 0.541. The van der Waals surface area contributed by atoms with Gasteiger partial charge in [0.15, 0.2) is 5.82 Å². The molecule has 0 aromatic carbocycles. The number of hydrogen-bond acceptors (Lipinski definition) is 6. The zero-order chi connectivity index (χ0) is 11.4. The topological polar surface area (TPSA) is 87.6 Å². The minimum atomic E-state index is 0.356. The Morgan fingerprint density at radius 1 is 1.50 bits per heavy atom. The number of pyridine rings is 1. The van der Waals surface area contributed by atoms with Crippen molar-refractivity contribution in [2.75, 3.05) is 7.05 Å². The van der Waals surface area contributed by atoms with E-state index in [0.717, 1.165) is 0 Å². The lowest BCUT2D eigenvalue weighted by Gasteiger charge is -1.92. The van der Waals surface area contributed by atoms with E-state index in [1.54, 1.807) is 19.2 Å². The molecule has 2 rings (SSSR count). The molecule has 0 spiro atoms. The highest BCUT2D eigenvalue weighted by atomic mass is 16.5. The molecule has 0 unspecified atom stereocenters. The lowest BCUT2D eigenvalue weighted by Crippen LogP contribution is -2.06. The Morgan fingerprint density at radius 2 is 2.38 bits per heavy atom. The molecule has 0 aliphatic carbocycles. The number of hydrogen-bond donors (Lipinski definition) is 1. The van der Waals surface area contributed by atoms with E-state index in [0.29, 0.717) is 29.5 Å². The lowest BCUT2D eigenvalue weighted by atomic mass is 10.3. The summed E-state index contributed by atoms with van der Waals surface area (Å²) in [6, 6.07) is 5.32.